The summed E-state index contributed by atoms with van der Waals surface area (Å²) in [7, 11) is 0. The summed E-state index contributed by atoms with van der Waals surface area (Å²) in [5.74, 6) is -1.01. The van der Waals surface area contributed by atoms with Crippen molar-refractivity contribution in [2.45, 2.75) is 38.6 Å². The van der Waals surface area contributed by atoms with Crippen LogP contribution in [0.5, 0.6) is 0 Å². The highest BCUT2D eigenvalue weighted by atomic mass is 35.5. The van der Waals surface area contributed by atoms with E-state index in [9.17, 15) is 9.90 Å². The van der Waals surface area contributed by atoms with Crippen LogP contribution in [0.1, 0.15) is 36.6 Å². The predicted molar refractivity (Wildman–Crippen MR) is 93.3 cm³/mol. The molecule has 1 aromatic heterocycles. The van der Waals surface area contributed by atoms with Gasteiger partial charge in [-0.25, -0.2) is 0 Å². The summed E-state index contributed by atoms with van der Waals surface area (Å²) in [5, 5.41) is 11.0. The molecule has 0 unspecified atom stereocenters. The smallest absolute Gasteiger partial charge is 0.308 e. The molecule has 2 aromatic rings. The lowest BCUT2D eigenvalue weighted by Crippen LogP contribution is -2.58. The average Bonchev–Trinajstić information content (AvgIpc) is 2.85. The second-order valence-electron chi connectivity index (χ2n) is 6.95. The number of aryl methyl sites for hydroxylation is 1. The predicted octanol–water partition coefficient (Wildman–Crippen LogP) is 3.47. The van der Waals surface area contributed by atoms with Crippen LogP contribution in [0.3, 0.4) is 0 Å². The molecule has 2 atom stereocenters. The lowest BCUT2D eigenvalue weighted by molar-refractivity contribution is -0.152. The van der Waals surface area contributed by atoms with E-state index in [2.05, 4.69) is 41.9 Å². The van der Waals surface area contributed by atoms with Gasteiger partial charge < -0.3 is 10.1 Å². The van der Waals surface area contributed by atoms with Crippen molar-refractivity contribution in [2.24, 2.45) is 5.92 Å². The molecule has 0 bridgehead atoms. The molecule has 1 aromatic carbocycles. The number of aliphatic carboxylic acids is 1. The van der Waals surface area contributed by atoms with Crippen molar-refractivity contribution >= 4 is 29.3 Å². The molecule has 0 saturated carbocycles. The zero-order valence-electron chi connectivity index (χ0n) is 13.6. The van der Waals surface area contributed by atoms with Gasteiger partial charge >= 0.3 is 5.97 Å². The Morgan fingerprint density at radius 2 is 2.17 bits per heavy atom. The van der Waals surface area contributed by atoms with Gasteiger partial charge in [0, 0.05) is 23.1 Å². The minimum atomic E-state index is -0.671. The number of aromatic nitrogens is 1. The van der Waals surface area contributed by atoms with E-state index in [1.54, 1.807) is 0 Å². The molecule has 5 heteroatoms. The number of hydrogen-bond acceptors (Lipinski definition) is 2. The van der Waals surface area contributed by atoms with Crippen molar-refractivity contribution in [1.82, 2.24) is 9.88 Å². The Morgan fingerprint density at radius 3 is 2.91 bits per heavy atom. The third kappa shape index (κ3) is 2.19. The number of benzene rings is 1. The van der Waals surface area contributed by atoms with Crippen molar-refractivity contribution in [2.75, 3.05) is 13.1 Å². The summed E-state index contributed by atoms with van der Waals surface area (Å²) < 4.78 is 0. The van der Waals surface area contributed by atoms with Crippen LogP contribution < -0.4 is 0 Å². The summed E-state index contributed by atoms with van der Waals surface area (Å²) in [6.07, 6.45) is 2.73. The highest BCUT2D eigenvalue weighted by Gasteiger charge is 2.51. The fourth-order valence-corrected chi connectivity index (χ4v) is 4.56. The molecule has 3 heterocycles. The quantitative estimate of drug-likeness (QED) is 0.839. The molecular formula is C18H23ClN2O2. The van der Waals surface area contributed by atoms with Gasteiger partial charge in [0.05, 0.1) is 11.5 Å². The third-order valence-electron chi connectivity index (χ3n) is 5.75. The number of carbonyl (C=O) groups is 1. The molecule has 0 aliphatic carbocycles. The highest BCUT2D eigenvalue weighted by molar-refractivity contribution is 5.87. The van der Waals surface area contributed by atoms with E-state index in [0.29, 0.717) is 0 Å². The van der Waals surface area contributed by atoms with Crippen LogP contribution in [0, 0.1) is 12.8 Å². The van der Waals surface area contributed by atoms with Crippen LogP contribution in [0.2, 0.25) is 0 Å². The SMILES string of the molecule is Cc1ccc2[nH]c3c(c2c1)CCN1CCC[C@@H](C(=O)O)[C@]31C.Cl. The van der Waals surface area contributed by atoms with Crippen LogP contribution in [-0.4, -0.2) is 34.0 Å². The number of nitrogens with one attached hydrogen (secondary N) is 1. The third-order valence-corrected chi connectivity index (χ3v) is 5.75. The van der Waals surface area contributed by atoms with Gasteiger partial charge in [-0.1, -0.05) is 11.6 Å². The largest absolute Gasteiger partial charge is 0.481 e. The van der Waals surface area contributed by atoms with Crippen LogP contribution in [-0.2, 0) is 16.8 Å². The molecular weight excluding hydrogens is 312 g/mol. The topological polar surface area (TPSA) is 56.3 Å². The fraction of sp³-hybridized carbons (Fsp3) is 0.500. The molecule has 2 N–H and O–H groups in total. The molecule has 0 radical (unpaired) electrons. The lowest BCUT2D eigenvalue weighted by Gasteiger charge is -2.51. The Hall–Kier alpha value is -1.52. The van der Waals surface area contributed by atoms with Crippen molar-refractivity contribution < 1.29 is 9.90 Å². The van der Waals surface area contributed by atoms with Crippen LogP contribution in [0.4, 0.5) is 0 Å². The first-order valence-electron chi connectivity index (χ1n) is 8.11. The number of hydrogen-bond donors (Lipinski definition) is 2. The summed E-state index contributed by atoms with van der Waals surface area (Å²) >= 11 is 0. The standard InChI is InChI=1S/C18H22N2O2.ClH/c1-11-5-6-15-13(10-11)12-7-9-20-8-3-4-14(17(21)22)18(20,2)16(12)19-15;/h5-6,10,14,19H,3-4,7-9H2,1-2H3,(H,21,22);1H/t14-,18+;/m0./s1. The van der Waals surface area contributed by atoms with E-state index in [1.165, 1.54) is 16.5 Å². The van der Waals surface area contributed by atoms with Gasteiger partial charge in [-0.05, 0) is 57.4 Å². The Morgan fingerprint density at radius 1 is 1.39 bits per heavy atom. The van der Waals surface area contributed by atoms with Gasteiger partial charge in [0.2, 0.25) is 0 Å². The zero-order valence-corrected chi connectivity index (χ0v) is 14.4. The summed E-state index contributed by atoms with van der Waals surface area (Å²) in [6, 6.07) is 6.46. The van der Waals surface area contributed by atoms with E-state index in [4.69, 9.17) is 0 Å². The molecule has 1 fully saturated rings. The average molecular weight is 335 g/mol. The van der Waals surface area contributed by atoms with Crippen molar-refractivity contribution in [3.05, 3.63) is 35.0 Å². The van der Waals surface area contributed by atoms with Crippen LogP contribution in [0.15, 0.2) is 18.2 Å². The number of carboxylic acid groups (broad SMARTS) is 1. The molecule has 23 heavy (non-hydrogen) atoms. The minimum Gasteiger partial charge on any atom is -0.481 e. The van der Waals surface area contributed by atoms with Gasteiger partial charge in [-0.15, -0.1) is 12.4 Å². The molecule has 2 aliphatic heterocycles. The molecule has 1 saturated heterocycles. The second-order valence-corrected chi connectivity index (χ2v) is 6.95. The monoisotopic (exact) mass is 334 g/mol. The summed E-state index contributed by atoms with van der Waals surface area (Å²) in [6.45, 7) is 6.17. The zero-order chi connectivity index (χ0) is 15.5. The van der Waals surface area contributed by atoms with Crippen molar-refractivity contribution in [3.63, 3.8) is 0 Å². The maximum Gasteiger partial charge on any atom is 0.308 e. The first-order valence-corrected chi connectivity index (χ1v) is 8.11. The number of piperidine rings is 1. The maximum atomic E-state index is 11.9. The first kappa shape index (κ1) is 16.3. The van der Waals surface area contributed by atoms with Gasteiger partial charge in [-0.3, -0.25) is 9.69 Å². The number of carboxylic acids is 1. The number of rotatable bonds is 1. The summed E-state index contributed by atoms with van der Waals surface area (Å²) in [5.41, 5.74) is 4.43. The fourth-order valence-electron chi connectivity index (χ4n) is 4.56. The molecule has 0 spiro atoms. The van der Waals surface area contributed by atoms with E-state index in [0.717, 1.165) is 43.6 Å². The van der Waals surface area contributed by atoms with Crippen LogP contribution >= 0.6 is 12.4 Å². The minimum absolute atomic E-state index is 0. The number of aromatic amines is 1. The Kier molecular flexibility index (Phi) is 3.93. The first-order chi connectivity index (χ1) is 10.5. The van der Waals surface area contributed by atoms with Gasteiger partial charge in [-0.2, -0.15) is 0 Å². The second kappa shape index (κ2) is 5.53. The lowest BCUT2D eigenvalue weighted by atomic mass is 9.72. The Balaban J connectivity index is 0.00000156. The summed E-state index contributed by atoms with van der Waals surface area (Å²) in [4.78, 5) is 17.8. The molecule has 124 valence electrons. The van der Waals surface area contributed by atoms with Crippen molar-refractivity contribution in [1.29, 1.82) is 0 Å². The van der Waals surface area contributed by atoms with Gasteiger partial charge in [0.15, 0.2) is 0 Å². The highest BCUT2D eigenvalue weighted by Crippen LogP contribution is 2.47. The van der Waals surface area contributed by atoms with Crippen molar-refractivity contribution in [3.8, 4) is 0 Å². The van der Waals surface area contributed by atoms with E-state index in [-0.39, 0.29) is 18.3 Å². The molecule has 4 nitrogen and oxygen atoms in total. The normalized spacial score (nSPS) is 27.1. The van der Waals surface area contributed by atoms with E-state index in [1.807, 2.05) is 0 Å². The number of H-pyrrole nitrogens is 1. The van der Waals surface area contributed by atoms with Crippen LogP contribution in [0.25, 0.3) is 10.9 Å². The number of halogens is 1. The van der Waals surface area contributed by atoms with Gasteiger partial charge in [0.1, 0.15) is 0 Å². The molecule has 4 rings (SSSR count). The number of fused-ring (bicyclic) bond motifs is 5. The Bertz CT molecular complexity index is 770. The molecule has 0 amide bonds. The van der Waals surface area contributed by atoms with E-state index < -0.39 is 11.5 Å². The number of nitrogens with zero attached hydrogens (tertiary/aromatic N) is 1. The maximum absolute atomic E-state index is 11.9. The van der Waals surface area contributed by atoms with E-state index >= 15 is 0 Å². The van der Waals surface area contributed by atoms with Gasteiger partial charge in [0.25, 0.3) is 0 Å². The molecule has 2 aliphatic rings. The Labute approximate surface area is 142 Å².